The molecular weight excluding hydrogens is 178 g/mol. The van der Waals surface area contributed by atoms with Crippen molar-refractivity contribution < 1.29 is 4.79 Å². The predicted molar refractivity (Wildman–Crippen MR) is 57.1 cm³/mol. The summed E-state index contributed by atoms with van der Waals surface area (Å²) in [5.74, 6) is 0.863. The molecular formula is C10H21N3O. The number of carbonyl (C=O) groups is 1. The second kappa shape index (κ2) is 6.79. The lowest BCUT2D eigenvalue weighted by molar-refractivity contribution is -0.118. The summed E-state index contributed by atoms with van der Waals surface area (Å²) < 4.78 is 0. The molecule has 0 aromatic heterocycles. The molecule has 1 aliphatic heterocycles. The smallest absolute Gasteiger partial charge is 0.216 e. The highest BCUT2D eigenvalue weighted by Crippen LogP contribution is 2.09. The Morgan fingerprint density at radius 1 is 1.36 bits per heavy atom. The number of carbonyl (C=O) groups excluding carboxylic acids is 1. The minimum Gasteiger partial charge on any atom is -0.355 e. The van der Waals surface area contributed by atoms with Crippen LogP contribution < -0.4 is 16.0 Å². The highest BCUT2D eigenvalue weighted by Gasteiger charge is 2.11. The van der Waals surface area contributed by atoms with Crippen LogP contribution in [-0.4, -0.2) is 38.6 Å². The standard InChI is InChI=1S/C10H21N3O/c1-9(14)13-7-6-12-8-10-2-4-11-5-3-10/h10-12H,2-8H2,1H3,(H,13,14). The van der Waals surface area contributed by atoms with Crippen LogP contribution in [0.15, 0.2) is 0 Å². The Labute approximate surface area is 85.8 Å². The minimum atomic E-state index is 0.0497. The summed E-state index contributed by atoms with van der Waals surface area (Å²) in [6, 6.07) is 0. The maximum Gasteiger partial charge on any atom is 0.216 e. The third kappa shape index (κ3) is 5.19. The van der Waals surface area contributed by atoms with E-state index in [0.29, 0.717) is 0 Å². The average molecular weight is 199 g/mol. The monoisotopic (exact) mass is 199 g/mol. The maximum atomic E-state index is 10.6. The summed E-state index contributed by atoms with van der Waals surface area (Å²) in [7, 11) is 0. The highest BCUT2D eigenvalue weighted by atomic mass is 16.1. The summed E-state index contributed by atoms with van der Waals surface area (Å²) in [6.07, 6.45) is 2.54. The van der Waals surface area contributed by atoms with Crippen LogP contribution >= 0.6 is 0 Å². The van der Waals surface area contributed by atoms with Gasteiger partial charge in [0.05, 0.1) is 0 Å². The molecule has 1 heterocycles. The van der Waals surface area contributed by atoms with Crippen molar-refractivity contribution in [1.29, 1.82) is 0 Å². The first-order valence-electron chi connectivity index (χ1n) is 5.45. The van der Waals surface area contributed by atoms with Crippen molar-refractivity contribution in [3.63, 3.8) is 0 Å². The van der Waals surface area contributed by atoms with Gasteiger partial charge in [-0.05, 0) is 38.4 Å². The van der Waals surface area contributed by atoms with E-state index >= 15 is 0 Å². The van der Waals surface area contributed by atoms with Gasteiger partial charge in [-0.15, -0.1) is 0 Å². The van der Waals surface area contributed by atoms with Crippen molar-refractivity contribution >= 4 is 5.91 Å². The Kier molecular flexibility index (Phi) is 5.56. The maximum absolute atomic E-state index is 10.6. The molecule has 1 aliphatic rings. The van der Waals surface area contributed by atoms with Crippen molar-refractivity contribution in [3.05, 3.63) is 0 Å². The van der Waals surface area contributed by atoms with Crippen LogP contribution in [0.4, 0.5) is 0 Å². The summed E-state index contributed by atoms with van der Waals surface area (Å²) in [5, 5.41) is 9.48. The molecule has 1 amide bonds. The zero-order chi connectivity index (χ0) is 10.2. The Hall–Kier alpha value is -0.610. The Balaban J connectivity index is 1.90. The number of piperidine rings is 1. The van der Waals surface area contributed by atoms with Gasteiger partial charge in [-0.3, -0.25) is 4.79 Å². The number of nitrogens with one attached hydrogen (secondary N) is 3. The summed E-state index contributed by atoms with van der Waals surface area (Å²) in [5.41, 5.74) is 0. The zero-order valence-corrected chi connectivity index (χ0v) is 8.94. The number of amides is 1. The van der Waals surface area contributed by atoms with E-state index in [2.05, 4.69) is 16.0 Å². The van der Waals surface area contributed by atoms with Crippen molar-refractivity contribution in [2.24, 2.45) is 5.92 Å². The van der Waals surface area contributed by atoms with E-state index in [1.54, 1.807) is 6.92 Å². The number of rotatable bonds is 5. The normalized spacial score (nSPS) is 18.1. The van der Waals surface area contributed by atoms with E-state index in [1.807, 2.05) is 0 Å². The fraction of sp³-hybridized carbons (Fsp3) is 0.900. The van der Waals surface area contributed by atoms with E-state index in [0.717, 1.165) is 38.6 Å². The van der Waals surface area contributed by atoms with Crippen LogP contribution in [0.2, 0.25) is 0 Å². The highest BCUT2D eigenvalue weighted by molar-refractivity contribution is 5.72. The van der Waals surface area contributed by atoms with E-state index in [4.69, 9.17) is 0 Å². The Bertz CT molecular complexity index is 167. The number of hydrogen-bond donors (Lipinski definition) is 3. The molecule has 0 radical (unpaired) electrons. The molecule has 0 unspecified atom stereocenters. The van der Waals surface area contributed by atoms with Crippen LogP contribution in [0.25, 0.3) is 0 Å². The van der Waals surface area contributed by atoms with Gasteiger partial charge < -0.3 is 16.0 Å². The second-order valence-corrected chi connectivity index (χ2v) is 3.88. The van der Waals surface area contributed by atoms with Crippen molar-refractivity contribution in [3.8, 4) is 0 Å². The van der Waals surface area contributed by atoms with E-state index in [9.17, 15) is 4.79 Å². The zero-order valence-electron chi connectivity index (χ0n) is 8.94. The van der Waals surface area contributed by atoms with Gasteiger partial charge in [-0.25, -0.2) is 0 Å². The quantitative estimate of drug-likeness (QED) is 0.533. The number of hydrogen-bond acceptors (Lipinski definition) is 3. The van der Waals surface area contributed by atoms with Gasteiger partial charge in [0.1, 0.15) is 0 Å². The van der Waals surface area contributed by atoms with Gasteiger partial charge in [-0.2, -0.15) is 0 Å². The van der Waals surface area contributed by atoms with Gasteiger partial charge in [0, 0.05) is 20.0 Å². The molecule has 1 rings (SSSR count). The molecule has 1 fully saturated rings. The van der Waals surface area contributed by atoms with Gasteiger partial charge in [-0.1, -0.05) is 0 Å². The molecule has 14 heavy (non-hydrogen) atoms. The van der Waals surface area contributed by atoms with Crippen molar-refractivity contribution in [2.75, 3.05) is 32.7 Å². The van der Waals surface area contributed by atoms with E-state index < -0.39 is 0 Å². The Morgan fingerprint density at radius 2 is 2.07 bits per heavy atom. The molecule has 0 aromatic rings. The van der Waals surface area contributed by atoms with E-state index in [1.165, 1.54) is 12.8 Å². The third-order valence-electron chi connectivity index (χ3n) is 2.57. The lowest BCUT2D eigenvalue weighted by Gasteiger charge is -2.22. The molecule has 0 bridgehead atoms. The third-order valence-corrected chi connectivity index (χ3v) is 2.57. The SMILES string of the molecule is CC(=O)NCCNCC1CCNCC1. The van der Waals surface area contributed by atoms with Gasteiger partial charge in [0.2, 0.25) is 5.91 Å². The van der Waals surface area contributed by atoms with Crippen LogP contribution in [0.3, 0.4) is 0 Å². The van der Waals surface area contributed by atoms with Crippen molar-refractivity contribution in [1.82, 2.24) is 16.0 Å². The molecule has 1 saturated heterocycles. The van der Waals surface area contributed by atoms with Crippen molar-refractivity contribution in [2.45, 2.75) is 19.8 Å². The van der Waals surface area contributed by atoms with Gasteiger partial charge in [0.25, 0.3) is 0 Å². The van der Waals surface area contributed by atoms with Crippen LogP contribution in [0.5, 0.6) is 0 Å². The van der Waals surface area contributed by atoms with E-state index in [-0.39, 0.29) is 5.91 Å². The molecule has 0 spiro atoms. The largest absolute Gasteiger partial charge is 0.355 e. The molecule has 0 aromatic carbocycles. The average Bonchev–Trinajstić information content (AvgIpc) is 2.18. The molecule has 3 N–H and O–H groups in total. The topological polar surface area (TPSA) is 53.2 Å². The second-order valence-electron chi connectivity index (χ2n) is 3.88. The molecule has 0 saturated carbocycles. The molecule has 4 nitrogen and oxygen atoms in total. The van der Waals surface area contributed by atoms with Crippen LogP contribution in [0, 0.1) is 5.92 Å². The lowest BCUT2D eigenvalue weighted by Crippen LogP contribution is -2.36. The Morgan fingerprint density at radius 3 is 2.71 bits per heavy atom. The first-order valence-corrected chi connectivity index (χ1v) is 5.45. The molecule has 0 aliphatic carbocycles. The molecule has 4 heteroatoms. The first kappa shape index (κ1) is 11.5. The van der Waals surface area contributed by atoms with Crippen LogP contribution in [-0.2, 0) is 4.79 Å². The fourth-order valence-electron chi connectivity index (χ4n) is 1.72. The van der Waals surface area contributed by atoms with Gasteiger partial charge in [0.15, 0.2) is 0 Å². The summed E-state index contributed by atoms with van der Waals surface area (Å²) in [6.45, 7) is 6.55. The lowest BCUT2D eigenvalue weighted by atomic mass is 9.98. The minimum absolute atomic E-state index is 0.0497. The predicted octanol–water partition coefficient (Wildman–Crippen LogP) is -0.288. The van der Waals surface area contributed by atoms with Crippen LogP contribution in [0.1, 0.15) is 19.8 Å². The summed E-state index contributed by atoms with van der Waals surface area (Å²) in [4.78, 5) is 10.6. The van der Waals surface area contributed by atoms with Gasteiger partial charge >= 0.3 is 0 Å². The summed E-state index contributed by atoms with van der Waals surface area (Å²) >= 11 is 0. The first-order chi connectivity index (χ1) is 6.79. The molecule has 0 atom stereocenters. The fourth-order valence-corrected chi connectivity index (χ4v) is 1.72. The molecule has 82 valence electrons.